The summed E-state index contributed by atoms with van der Waals surface area (Å²) in [5.74, 6) is -0.931. The Morgan fingerprint density at radius 1 is 0.857 bits per heavy atom. The highest BCUT2D eigenvalue weighted by atomic mass is 35.5. The summed E-state index contributed by atoms with van der Waals surface area (Å²) in [5.41, 5.74) is 1.90. The third-order valence-corrected chi connectivity index (χ3v) is 4.26. The normalized spacial score (nSPS) is 10.2. The summed E-state index contributed by atoms with van der Waals surface area (Å²) in [6.07, 6.45) is 1.38. The Morgan fingerprint density at radius 2 is 1.57 bits per heavy atom. The van der Waals surface area contributed by atoms with Crippen molar-refractivity contribution < 1.29 is 14.4 Å². The molecule has 1 aromatic heterocycles. The van der Waals surface area contributed by atoms with Crippen LogP contribution in [0.2, 0.25) is 5.02 Å². The van der Waals surface area contributed by atoms with Crippen molar-refractivity contribution in [1.82, 2.24) is 4.98 Å². The van der Waals surface area contributed by atoms with Gasteiger partial charge in [-0.2, -0.15) is 0 Å². The highest BCUT2D eigenvalue weighted by Gasteiger charge is 2.13. The monoisotopic (exact) mass is 393 g/mol. The molecule has 3 aromatic rings. The number of carbonyl (C=O) groups is 3. The minimum Gasteiger partial charge on any atom is -0.322 e. The van der Waals surface area contributed by atoms with E-state index >= 15 is 0 Å². The van der Waals surface area contributed by atoms with Gasteiger partial charge in [-0.05, 0) is 55.5 Å². The van der Waals surface area contributed by atoms with Crippen LogP contribution in [-0.2, 0) is 0 Å². The van der Waals surface area contributed by atoms with Crippen molar-refractivity contribution in [2.24, 2.45) is 0 Å². The van der Waals surface area contributed by atoms with Gasteiger partial charge in [-0.3, -0.25) is 19.4 Å². The fourth-order valence-corrected chi connectivity index (χ4v) is 2.62. The molecule has 0 unspecified atom stereocenters. The molecule has 3 rings (SSSR count). The second kappa shape index (κ2) is 8.45. The van der Waals surface area contributed by atoms with E-state index in [0.29, 0.717) is 22.0 Å². The molecule has 0 atom stereocenters. The van der Waals surface area contributed by atoms with Crippen LogP contribution in [0.1, 0.15) is 38.1 Å². The summed E-state index contributed by atoms with van der Waals surface area (Å²) in [6.45, 7) is 1.47. The number of carbonyl (C=O) groups excluding carboxylic acids is 3. The first-order valence-electron chi connectivity index (χ1n) is 8.38. The predicted octanol–water partition coefficient (Wildman–Crippen LogP) is 4.44. The van der Waals surface area contributed by atoms with Crippen LogP contribution >= 0.6 is 11.6 Å². The van der Waals surface area contributed by atoms with E-state index in [2.05, 4.69) is 15.6 Å². The molecule has 28 heavy (non-hydrogen) atoms. The highest BCUT2D eigenvalue weighted by Crippen LogP contribution is 2.21. The molecule has 140 valence electrons. The minimum atomic E-state index is -0.478. The molecule has 0 aliphatic rings. The van der Waals surface area contributed by atoms with E-state index in [9.17, 15) is 14.4 Å². The molecule has 6 nitrogen and oxygen atoms in total. The third kappa shape index (κ3) is 4.61. The summed E-state index contributed by atoms with van der Waals surface area (Å²) in [6, 6.07) is 16.3. The first-order chi connectivity index (χ1) is 13.4. The largest absolute Gasteiger partial charge is 0.322 e. The number of Topliss-reactive ketones (excluding diaryl/α,β-unsaturated/α-hetero) is 1. The van der Waals surface area contributed by atoms with Gasteiger partial charge in [0.1, 0.15) is 5.69 Å². The van der Waals surface area contributed by atoms with E-state index in [1.54, 1.807) is 48.5 Å². The first kappa shape index (κ1) is 19.3. The maximum absolute atomic E-state index is 12.5. The third-order valence-electron chi connectivity index (χ3n) is 3.93. The SMILES string of the molecule is CC(=O)c1ccc(NC(=O)c2ccnc(C(=O)Nc3ccccc3Cl)c2)cc1. The van der Waals surface area contributed by atoms with Gasteiger partial charge in [-0.15, -0.1) is 0 Å². The van der Waals surface area contributed by atoms with Crippen LogP contribution in [0.25, 0.3) is 0 Å². The van der Waals surface area contributed by atoms with Crippen LogP contribution in [0.5, 0.6) is 0 Å². The zero-order valence-corrected chi connectivity index (χ0v) is 15.7. The fraction of sp³-hybridized carbons (Fsp3) is 0.0476. The molecule has 0 radical (unpaired) electrons. The number of hydrogen-bond acceptors (Lipinski definition) is 4. The molecule has 0 saturated heterocycles. The number of aromatic nitrogens is 1. The summed E-state index contributed by atoms with van der Waals surface area (Å²) in [7, 11) is 0. The second-order valence-corrected chi connectivity index (χ2v) is 6.36. The Hall–Kier alpha value is -3.51. The van der Waals surface area contributed by atoms with Crippen molar-refractivity contribution >= 4 is 40.6 Å². The second-order valence-electron chi connectivity index (χ2n) is 5.95. The molecule has 0 aliphatic heterocycles. The summed E-state index contributed by atoms with van der Waals surface area (Å²) < 4.78 is 0. The molecule has 0 bridgehead atoms. The topological polar surface area (TPSA) is 88.2 Å². The quantitative estimate of drug-likeness (QED) is 0.627. The van der Waals surface area contributed by atoms with Crippen molar-refractivity contribution in [3.63, 3.8) is 0 Å². The molecule has 0 spiro atoms. The van der Waals surface area contributed by atoms with Crippen LogP contribution in [0.15, 0.2) is 66.9 Å². The Bertz CT molecular complexity index is 1050. The summed E-state index contributed by atoms with van der Waals surface area (Å²) >= 11 is 6.04. The molecular formula is C21H16ClN3O3. The minimum absolute atomic E-state index is 0.0545. The maximum Gasteiger partial charge on any atom is 0.274 e. The van der Waals surface area contributed by atoms with Gasteiger partial charge < -0.3 is 10.6 Å². The number of halogens is 1. The van der Waals surface area contributed by atoms with Crippen LogP contribution in [0.3, 0.4) is 0 Å². The first-order valence-corrected chi connectivity index (χ1v) is 8.76. The molecule has 1 heterocycles. The smallest absolute Gasteiger partial charge is 0.274 e. The molecule has 0 fully saturated rings. The number of hydrogen-bond donors (Lipinski definition) is 2. The number of ketones is 1. The van der Waals surface area contributed by atoms with Crippen LogP contribution in [0, 0.1) is 0 Å². The van der Waals surface area contributed by atoms with Gasteiger partial charge in [0, 0.05) is 23.0 Å². The molecule has 2 amide bonds. The van der Waals surface area contributed by atoms with Gasteiger partial charge in [0.2, 0.25) is 0 Å². The predicted molar refractivity (Wildman–Crippen MR) is 108 cm³/mol. The summed E-state index contributed by atoms with van der Waals surface area (Å²) in [5, 5.41) is 5.78. The van der Waals surface area contributed by atoms with Crippen molar-refractivity contribution in [3.05, 3.63) is 88.7 Å². The van der Waals surface area contributed by atoms with E-state index in [0.717, 1.165) is 0 Å². The Labute approximate surface area is 166 Å². The zero-order chi connectivity index (χ0) is 20.1. The average molecular weight is 394 g/mol. The average Bonchev–Trinajstić information content (AvgIpc) is 2.70. The van der Waals surface area contributed by atoms with Crippen molar-refractivity contribution in [3.8, 4) is 0 Å². The number of benzene rings is 2. The fourth-order valence-electron chi connectivity index (χ4n) is 2.44. The maximum atomic E-state index is 12.5. The Balaban J connectivity index is 1.73. The highest BCUT2D eigenvalue weighted by molar-refractivity contribution is 6.33. The molecule has 2 aromatic carbocycles. The van der Waals surface area contributed by atoms with E-state index in [4.69, 9.17) is 11.6 Å². The van der Waals surface area contributed by atoms with Gasteiger partial charge in [0.05, 0.1) is 10.7 Å². The number of nitrogens with zero attached hydrogens (tertiary/aromatic N) is 1. The Kier molecular flexibility index (Phi) is 5.81. The van der Waals surface area contributed by atoms with Crippen LogP contribution in [0.4, 0.5) is 11.4 Å². The van der Waals surface area contributed by atoms with E-state index in [1.807, 2.05) is 0 Å². The lowest BCUT2D eigenvalue weighted by Gasteiger charge is -2.08. The lowest BCUT2D eigenvalue weighted by Crippen LogP contribution is -2.17. The van der Waals surface area contributed by atoms with Crippen LogP contribution in [-0.4, -0.2) is 22.6 Å². The number of pyridine rings is 1. The molecule has 0 saturated carbocycles. The van der Waals surface area contributed by atoms with E-state index in [1.165, 1.54) is 25.3 Å². The standard InChI is InChI=1S/C21H16ClN3O3/c1-13(26)14-6-8-16(9-7-14)24-20(27)15-10-11-23-19(12-15)21(28)25-18-5-3-2-4-17(18)22/h2-12H,1H3,(H,24,27)(H,25,28). The number of rotatable bonds is 5. The van der Waals surface area contributed by atoms with E-state index in [-0.39, 0.29) is 17.0 Å². The molecule has 7 heteroatoms. The van der Waals surface area contributed by atoms with Crippen LogP contribution < -0.4 is 10.6 Å². The molecule has 0 aliphatic carbocycles. The van der Waals surface area contributed by atoms with Crippen molar-refractivity contribution in [1.29, 1.82) is 0 Å². The van der Waals surface area contributed by atoms with Gasteiger partial charge in [0.25, 0.3) is 11.8 Å². The van der Waals surface area contributed by atoms with Gasteiger partial charge in [-0.25, -0.2) is 0 Å². The molecule has 2 N–H and O–H groups in total. The number of nitrogens with one attached hydrogen (secondary N) is 2. The number of anilines is 2. The molecular weight excluding hydrogens is 378 g/mol. The lowest BCUT2D eigenvalue weighted by atomic mass is 10.1. The van der Waals surface area contributed by atoms with Gasteiger partial charge in [-0.1, -0.05) is 23.7 Å². The zero-order valence-electron chi connectivity index (χ0n) is 14.9. The van der Waals surface area contributed by atoms with Crippen molar-refractivity contribution in [2.75, 3.05) is 10.6 Å². The number of amides is 2. The Morgan fingerprint density at radius 3 is 2.25 bits per heavy atom. The number of para-hydroxylation sites is 1. The lowest BCUT2D eigenvalue weighted by molar-refractivity contribution is 0.101. The van der Waals surface area contributed by atoms with E-state index < -0.39 is 11.8 Å². The summed E-state index contributed by atoms with van der Waals surface area (Å²) in [4.78, 5) is 40.2. The van der Waals surface area contributed by atoms with Gasteiger partial charge in [0.15, 0.2) is 5.78 Å². The van der Waals surface area contributed by atoms with Gasteiger partial charge >= 0.3 is 0 Å². The van der Waals surface area contributed by atoms with Crippen molar-refractivity contribution in [2.45, 2.75) is 6.92 Å².